The highest BCUT2D eigenvalue weighted by molar-refractivity contribution is 5.89. The molecule has 1 aliphatic heterocycles. The summed E-state index contributed by atoms with van der Waals surface area (Å²) in [6, 6.07) is 5.71. The first-order valence-electron chi connectivity index (χ1n) is 8.55. The summed E-state index contributed by atoms with van der Waals surface area (Å²) in [5.41, 5.74) is 0.0287. The molecule has 1 saturated heterocycles. The van der Waals surface area contributed by atoms with Crippen LogP contribution < -0.4 is 0 Å². The Labute approximate surface area is 148 Å². The number of carbonyl (C=O) groups is 2. The summed E-state index contributed by atoms with van der Waals surface area (Å²) in [4.78, 5) is 25.6. The van der Waals surface area contributed by atoms with Gasteiger partial charge in [0.25, 0.3) is 0 Å². The van der Waals surface area contributed by atoms with Crippen molar-refractivity contribution >= 4 is 12.1 Å². The van der Waals surface area contributed by atoms with Crippen LogP contribution in [0.25, 0.3) is 0 Å². The number of hydrogen-bond donors (Lipinski definition) is 0. The number of esters is 1. The number of alkyl halides is 1. The third kappa shape index (κ3) is 4.94. The molecule has 5 nitrogen and oxygen atoms in total. The predicted molar refractivity (Wildman–Crippen MR) is 92.2 cm³/mol. The Morgan fingerprint density at radius 3 is 2.64 bits per heavy atom. The Morgan fingerprint density at radius 1 is 1.28 bits per heavy atom. The summed E-state index contributed by atoms with van der Waals surface area (Å²) in [6.45, 7) is 5.83. The zero-order chi connectivity index (χ0) is 18.6. The first-order chi connectivity index (χ1) is 11.7. The van der Waals surface area contributed by atoms with E-state index in [-0.39, 0.29) is 0 Å². The molecule has 1 fully saturated rings. The molecule has 2 rings (SSSR count). The third-order valence-electron chi connectivity index (χ3n) is 4.14. The molecular weight excluding hydrogens is 325 g/mol. The maximum atomic E-state index is 15.2. The Morgan fingerprint density at radius 2 is 2.00 bits per heavy atom. The molecule has 1 aromatic carbocycles. The van der Waals surface area contributed by atoms with Gasteiger partial charge >= 0.3 is 12.1 Å². The number of hydrogen-bond acceptors (Lipinski definition) is 4. The van der Waals surface area contributed by atoms with Crippen molar-refractivity contribution in [2.45, 2.75) is 57.8 Å². The number of rotatable bonds is 3. The quantitative estimate of drug-likeness (QED) is 0.763. The summed E-state index contributed by atoms with van der Waals surface area (Å²) >= 11 is 0. The van der Waals surface area contributed by atoms with Gasteiger partial charge in [-0.15, -0.1) is 0 Å². The summed E-state index contributed by atoms with van der Waals surface area (Å²) in [6.07, 6.45) is 0.343. The lowest BCUT2D eigenvalue weighted by Gasteiger charge is -2.38. The molecule has 0 radical (unpaired) electrons. The molecule has 1 aromatic rings. The van der Waals surface area contributed by atoms with Crippen LogP contribution in [0.3, 0.4) is 0 Å². The van der Waals surface area contributed by atoms with Crippen molar-refractivity contribution in [2.75, 3.05) is 13.7 Å². The number of halogens is 1. The van der Waals surface area contributed by atoms with E-state index in [9.17, 15) is 9.59 Å². The number of amides is 1. The highest BCUT2D eigenvalue weighted by Crippen LogP contribution is 2.33. The maximum absolute atomic E-state index is 15.2. The molecule has 25 heavy (non-hydrogen) atoms. The smallest absolute Gasteiger partial charge is 0.410 e. The van der Waals surface area contributed by atoms with E-state index in [1.807, 2.05) is 0 Å². The minimum atomic E-state index is -1.39. The number of carbonyl (C=O) groups excluding carboxylic acids is 2. The molecule has 138 valence electrons. The monoisotopic (exact) mass is 351 g/mol. The normalized spacial score (nSPS) is 19.2. The van der Waals surface area contributed by atoms with Crippen molar-refractivity contribution in [3.8, 4) is 0 Å². The first-order valence-corrected chi connectivity index (χ1v) is 8.55. The largest absolute Gasteiger partial charge is 0.465 e. The van der Waals surface area contributed by atoms with Crippen LogP contribution in [-0.4, -0.2) is 42.3 Å². The molecule has 2 unspecified atom stereocenters. The average Bonchev–Trinajstić information content (AvgIpc) is 2.59. The van der Waals surface area contributed by atoms with Crippen molar-refractivity contribution in [3.63, 3.8) is 0 Å². The van der Waals surface area contributed by atoms with Crippen LogP contribution in [0.2, 0.25) is 0 Å². The lowest BCUT2D eigenvalue weighted by atomic mass is 9.93. The number of likely N-dealkylation sites (tertiary alicyclic amines) is 1. The first kappa shape index (κ1) is 19.2. The van der Waals surface area contributed by atoms with Gasteiger partial charge in [0.1, 0.15) is 11.8 Å². The second-order valence-electron chi connectivity index (χ2n) is 7.26. The molecular formula is C19H26FNO4. The van der Waals surface area contributed by atoms with Crippen LogP contribution in [0.1, 0.15) is 62.1 Å². The second-order valence-corrected chi connectivity index (χ2v) is 7.26. The van der Waals surface area contributed by atoms with Crippen LogP contribution in [0.5, 0.6) is 0 Å². The van der Waals surface area contributed by atoms with Crippen molar-refractivity contribution < 1.29 is 23.5 Å². The summed E-state index contributed by atoms with van der Waals surface area (Å²) in [7, 11) is 1.29. The van der Waals surface area contributed by atoms with E-state index >= 15 is 4.39 Å². The van der Waals surface area contributed by atoms with Crippen LogP contribution in [-0.2, 0) is 9.47 Å². The Bertz CT molecular complexity index is 626. The molecule has 1 amide bonds. The summed E-state index contributed by atoms with van der Waals surface area (Å²) < 4.78 is 25.3. The van der Waals surface area contributed by atoms with Crippen molar-refractivity contribution in [2.24, 2.45) is 0 Å². The number of benzene rings is 1. The standard InChI is InChI=1S/C19H26FNO4/c1-19(2,3)25-18(23)21-11-6-5-10-15(21)16(20)13-8-7-9-14(12-13)17(22)24-4/h7-9,12,15-16H,5-6,10-11H2,1-4H3. The number of piperidine rings is 1. The number of nitrogens with zero attached hydrogens (tertiary/aromatic N) is 1. The molecule has 1 heterocycles. The number of ether oxygens (including phenoxy) is 2. The van der Waals surface area contributed by atoms with Crippen molar-refractivity contribution in [1.82, 2.24) is 4.90 Å². The van der Waals surface area contributed by atoms with E-state index in [1.165, 1.54) is 18.1 Å². The molecule has 0 bridgehead atoms. The molecule has 1 aliphatic rings. The maximum Gasteiger partial charge on any atom is 0.410 e. The Kier molecular flexibility index (Phi) is 6.03. The fraction of sp³-hybridized carbons (Fsp3) is 0.579. The van der Waals surface area contributed by atoms with Gasteiger partial charge in [-0.05, 0) is 57.7 Å². The van der Waals surface area contributed by atoms with Crippen molar-refractivity contribution in [1.29, 1.82) is 0 Å². The van der Waals surface area contributed by atoms with E-state index in [1.54, 1.807) is 39.0 Å². The van der Waals surface area contributed by atoms with Gasteiger partial charge in [-0.2, -0.15) is 0 Å². The lowest BCUT2D eigenvalue weighted by molar-refractivity contribution is -0.00282. The lowest BCUT2D eigenvalue weighted by Crippen LogP contribution is -2.48. The van der Waals surface area contributed by atoms with Crippen LogP contribution in [0, 0.1) is 0 Å². The fourth-order valence-electron chi connectivity index (χ4n) is 2.99. The Hall–Kier alpha value is -2.11. The second kappa shape index (κ2) is 7.85. The number of methoxy groups -OCH3 is 1. The van der Waals surface area contributed by atoms with E-state index < -0.39 is 29.9 Å². The summed E-state index contributed by atoms with van der Waals surface area (Å²) in [5, 5.41) is 0. The minimum Gasteiger partial charge on any atom is -0.465 e. The van der Waals surface area contributed by atoms with Gasteiger partial charge < -0.3 is 14.4 Å². The summed E-state index contributed by atoms with van der Waals surface area (Å²) in [5.74, 6) is -0.512. The molecule has 6 heteroatoms. The van der Waals surface area contributed by atoms with Crippen LogP contribution in [0.15, 0.2) is 24.3 Å². The highest BCUT2D eigenvalue weighted by Gasteiger charge is 2.36. The van der Waals surface area contributed by atoms with Gasteiger partial charge in [0.15, 0.2) is 0 Å². The zero-order valence-corrected chi connectivity index (χ0v) is 15.3. The molecule has 0 saturated carbocycles. The van der Waals surface area contributed by atoms with Gasteiger partial charge in [0.2, 0.25) is 0 Å². The van der Waals surface area contributed by atoms with E-state index in [0.717, 1.165) is 12.8 Å². The zero-order valence-electron chi connectivity index (χ0n) is 15.3. The van der Waals surface area contributed by atoms with Gasteiger partial charge in [-0.3, -0.25) is 0 Å². The SMILES string of the molecule is COC(=O)c1cccc(C(F)C2CCCCN2C(=O)OC(C)(C)C)c1. The topological polar surface area (TPSA) is 55.8 Å². The van der Waals surface area contributed by atoms with Gasteiger partial charge in [0.05, 0.1) is 18.7 Å². The van der Waals surface area contributed by atoms with E-state index in [0.29, 0.717) is 24.1 Å². The Balaban J connectivity index is 2.21. The molecule has 0 aromatic heterocycles. The van der Waals surface area contributed by atoms with Gasteiger partial charge in [-0.25, -0.2) is 14.0 Å². The predicted octanol–water partition coefficient (Wildman–Crippen LogP) is 4.27. The van der Waals surface area contributed by atoms with Gasteiger partial charge in [-0.1, -0.05) is 12.1 Å². The molecule has 0 aliphatic carbocycles. The van der Waals surface area contributed by atoms with Crippen LogP contribution in [0.4, 0.5) is 9.18 Å². The fourth-order valence-corrected chi connectivity index (χ4v) is 2.99. The molecule has 0 N–H and O–H groups in total. The molecule has 0 spiro atoms. The minimum absolute atomic E-state index is 0.294. The average molecular weight is 351 g/mol. The van der Waals surface area contributed by atoms with E-state index in [2.05, 4.69) is 4.74 Å². The van der Waals surface area contributed by atoms with Crippen LogP contribution >= 0.6 is 0 Å². The highest BCUT2D eigenvalue weighted by atomic mass is 19.1. The van der Waals surface area contributed by atoms with E-state index in [4.69, 9.17) is 4.74 Å². The van der Waals surface area contributed by atoms with Crippen molar-refractivity contribution in [3.05, 3.63) is 35.4 Å². The molecule has 2 atom stereocenters. The third-order valence-corrected chi connectivity index (χ3v) is 4.14. The van der Waals surface area contributed by atoms with Gasteiger partial charge in [0, 0.05) is 6.54 Å².